The zero-order valence-corrected chi connectivity index (χ0v) is 10.9. The molecule has 0 unspecified atom stereocenters. The highest BCUT2D eigenvalue weighted by atomic mass is 16.5. The standard InChI is InChI=1S/C13H16N2O3/c1-8-14-7-10(15-8)9-5-11(16-2)13(18-4)12(6-9)17-3/h5-7H,1-4H3,(H,14,15). The molecule has 0 saturated carbocycles. The van der Waals surface area contributed by atoms with Crippen LogP contribution in [0.25, 0.3) is 11.3 Å². The van der Waals surface area contributed by atoms with Gasteiger partial charge in [0, 0.05) is 5.56 Å². The van der Waals surface area contributed by atoms with Crippen LogP contribution in [-0.2, 0) is 0 Å². The van der Waals surface area contributed by atoms with Crippen LogP contribution < -0.4 is 14.2 Å². The molecule has 1 N–H and O–H groups in total. The van der Waals surface area contributed by atoms with E-state index < -0.39 is 0 Å². The Bertz CT molecular complexity index is 524. The first kappa shape index (κ1) is 12.3. The summed E-state index contributed by atoms with van der Waals surface area (Å²) in [7, 11) is 4.78. The number of aromatic nitrogens is 2. The van der Waals surface area contributed by atoms with Gasteiger partial charge in [0.05, 0.1) is 33.2 Å². The molecule has 5 heteroatoms. The third-order valence-electron chi connectivity index (χ3n) is 2.68. The maximum absolute atomic E-state index is 5.31. The van der Waals surface area contributed by atoms with E-state index in [1.807, 2.05) is 19.1 Å². The summed E-state index contributed by atoms with van der Waals surface area (Å²) in [6.45, 7) is 1.90. The van der Waals surface area contributed by atoms with Gasteiger partial charge in [0.15, 0.2) is 11.5 Å². The van der Waals surface area contributed by atoms with E-state index in [0.29, 0.717) is 17.2 Å². The number of rotatable bonds is 4. The molecule has 1 aromatic carbocycles. The van der Waals surface area contributed by atoms with E-state index in [0.717, 1.165) is 17.1 Å². The summed E-state index contributed by atoms with van der Waals surface area (Å²) in [6.07, 6.45) is 1.77. The Kier molecular flexibility index (Phi) is 3.41. The van der Waals surface area contributed by atoms with Crippen molar-refractivity contribution in [1.82, 2.24) is 9.97 Å². The van der Waals surface area contributed by atoms with Crippen LogP contribution in [0.4, 0.5) is 0 Å². The number of H-pyrrole nitrogens is 1. The molecular weight excluding hydrogens is 232 g/mol. The molecule has 0 amide bonds. The number of hydrogen-bond acceptors (Lipinski definition) is 4. The van der Waals surface area contributed by atoms with E-state index in [-0.39, 0.29) is 0 Å². The molecule has 0 bridgehead atoms. The highest BCUT2D eigenvalue weighted by Crippen LogP contribution is 2.40. The topological polar surface area (TPSA) is 56.4 Å². The summed E-state index contributed by atoms with van der Waals surface area (Å²) >= 11 is 0. The minimum atomic E-state index is 0.583. The van der Waals surface area contributed by atoms with Crippen LogP contribution in [0, 0.1) is 6.92 Å². The van der Waals surface area contributed by atoms with E-state index in [4.69, 9.17) is 14.2 Å². The van der Waals surface area contributed by atoms with Crippen molar-refractivity contribution in [3.8, 4) is 28.5 Å². The van der Waals surface area contributed by atoms with Gasteiger partial charge in [-0.3, -0.25) is 0 Å². The monoisotopic (exact) mass is 248 g/mol. The lowest BCUT2D eigenvalue weighted by Crippen LogP contribution is -1.95. The van der Waals surface area contributed by atoms with Crippen molar-refractivity contribution in [3.05, 3.63) is 24.2 Å². The first-order valence-electron chi connectivity index (χ1n) is 5.51. The van der Waals surface area contributed by atoms with Crippen LogP contribution in [0.2, 0.25) is 0 Å². The van der Waals surface area contributed by atoms with Crippen LogP contribution in [0.3, 0.4) is 0 Å². The van der Waals surface area contributed by atoms with Gasteiger partial charge in [-0.1, -0.05) is 0 Å². The van der Waals surface area contributed by atoms with Gasteiger partial charge in [0.2, 0.25) is 5.75 Å². The lowest BCUT2D eigenvalue weighted by atomic mass is 10.1. The fourth-order valence-corrected chi connectivity index (χ4v) is 1.80. The molecule has 0 aliphatic rings. The van der Waals surface area contributed by atoms with Crippen LogP contribution in [0.15, 0.2) is 18.3 Å². The van der Waals surface area contributed by atoms with Crippen LogP contribution in [0.1, 0.15) is 5.82 Å². The number of nitrogens with one attached hydrogen (secondary N) is 1. The van der Waals surface area contributed by atoms with E-state index in [1.54, 1.807) is 27.5 Å². The number of methoxy groups -OCH3 is 3. The average Bonchev–Trinajstić information content (AvgIpc) is 2.83. The van der Waals surface area contributed by atoms with Gasteiger partial charge in [0.25, 0.3) is 0 Å². The molecule has 5 nitrogen and oxygen atoms in total. The Balaban J connectivity index is 2.56. The number of nitrogens with zero attached hydrogens (tertiary/aromatic N) is 1. The fourth-order valence-electron chi connectivity index (χ4n) is 1.80. The Hall–Kier alpha value is -2.17. The zero-order chi connectivity index (χ0) is 13.1. The molecule has 1 heterocycles. The second kappa shape index (κ2) is 5.00. The molecule has 0 spiro atoms. The number of aromatic amines is 1. The van der Waals surface area contributed by atoms with Gasteiger partial charge >= 0.3 is 0 Å². The molecule has 2 aromatic rings. The summed E-state index contributed by atoms with van der Waals surface area (Å²) in [6, 6.07) is 3.77. The number of imidazole rings is 1. The lowest BCUT2D eigenvalue weighted by molar-refractivity contribution is 0.324. The van der Waals surface area contributed by atoms with Crippen molar-refractivity contribution in [3.63, 3.8) is 0 Å². The summed E-state index contributed by atoms with van der Waals surface area (Å²) in [5.74, 6) is 2.69. The molecule has 0 aliphatic heterocycles. The molecule has 2 rings (SSSR count). The Morgan fingerprint density at radius 3 is 2.00 bits per heavy atom. The minimum Gasteiger partial charge on any atom is -0.493 e. The molecule has 96 valence electrons. The highest BCUT2D eigenvalue weighted by Gasteiger charge is 2.14. The second-order valence-corrected chi connectivity index (χ2v) is 3.80. The lowest BCUT2D eigenvalue weighted by Gasteiger charge is -2.13. The normalized spacial score (nSPS) is 10.2. The Labute approximate surface area is 106 Å². The fraction of sp³-hybridized carbons (Fsp3) is 0.308. The molecule has 1 aromatic heterocycles. The number of benzene rings is 1. The van der Waals surface area contributed by atoms with Crippen LogP contribution in [0.5, 0.6) is 17.2 Å². The number of aryl methyl sites for hydroxylation is 1. The zero-order valence-electron chi connectivity index (χ0n) is 10.9. The van der Waals surface area contributed by atoms with Crippen molar-refractivity contribution in [1.29, 1.82) is 0 Å². The Morgan fingerprint density at radius 2 is 1.61 bits per heavy atom. The molecule has 0 saturated heterocycles. The molecule has 0 radical (unpaired) electrons. The molecular formula is C13H16N2O3. The summed E-state index contributed by atoms with van der Waals surface area (Å²) in [5, 5.41) is 0. The van der Waals surface area contributed by atoms with Crippen molar-refractivity contribution < 1.29 is 14.2 Å². The van der Waals surface area contributed by atoms with E-state index in [9.17, 15) is 0 Å². The van der Waals surface area contributed by atoms with Gasteiger partial charge in [-0.15, -0.1) is 0 Å². The summed E-state index contributed by atoms with van der Waals surface area (Å²) < 4.78 is 15.9. The molecule has 18 heavy (non-hydrogen) atoms. The number of hydrogen-bond donors (Lipinski definition) is 1. The van der Waals surface area contributed by atoms with Crippen LogP contribution in [-0.4, -0.2) is 31.3 Å². The SMILES string of the molecule is COc1cc(-c2cnc(C)[nH]2)cc(OC)c1OC. The summed E-state index contributed by atoms with van der Waals surface area (Å²) in [5.41, 5.74) is 1.84. The maximum Gasteiger partial charge on any atom is 0.203 e. The van der Waals surface area contributed by atoms with Gasteiger partial charge in [-0.2, -0.15) is 0 Å². The third kappa shape index (κ3) is 2.11. The quantitative estimate of drug-likeness (QED) is 0.902. The van der Waals surface area contributed by atoms with Gasteiger partial charge in [-0.05, 0) is 19.1 Å². The largest absolute Gasteiger partial charge is 0.493 e. The number of ether oxygens (including phenoxy) is 3. The maximum atomic E-state index is 5.31. The van der Waals surface area contributed by atoms with Gasteiger partial charge < -0.3 is 19.2 Å². The van der Waals surface area contributed by atoms with Gasteiger partial charge in [-0.25, -0.2) is 4.98 Å². The first-order chi connectivity index (χ1) is 8.69. The van der Waals surface area contributed by atoms with E-state index >= 15 is 0 Å². The van der Waals surface area contributed by atoms with Crippen molar-refractivity contribution in [2.45, 2.75) is 6.92 Å². The van der Waals surface area contributed by atoms with Crippen molar-refractivity contribution >= 4 is 0 Å². The molecule has 0 fully saturated rings. The second-order valence-electron chi connectivity index (χ2n) is 3.80. The third-order valence-corrected chi connectivity index (χ3v) is 2.68. The molecule has 0 aliphatic carbocycles. The van der Waals surface area contributed by atoms with E-state index in [1.165, 1.54) is 0 Å². The highest BCUT2D eigenvalue weighted by molar-refractivity contribution is 5.68. The van der Waals surface area contributed by atoms with E-state index in [2.05, 4.69) is 9.97 Å². The minimum absolute atomic E-state index is 0.583. The Morgan fingerprint density at radius 1 is 1.00 bits per heavy atom. The van der Waals surface area contributed by atoms with Crippen molar-refractivity contribution in [2.24, 2.45) is 0 Å². The average molecular weight is 248 g/mol. The smallest absolute Gasteiger partial charge is 0.203 e. The first-order valence-corrected chi connectivity index (χ1v) is 5.51. The predicted molar refractivity (Wildman–Crippen MR) is 68.4 cm³/mol. The molecule has 0 atom stereocenters. The predicted octanol–water partition coefficient (Wildman–Crippen LogP) is 2.41. The van der Waals surface area contributed by atoms with Crippen LogP contribution >= 0.6 is 0 Å². The van der Waals surface area contributed by atoms with Crippen molar-refractivity contribution in [2.75, 3.05) is 21.3 Å². The summed E-state index contributed by atoms with van der Waals surface area (Å²) in [4.78, 5) is 7.35. The van der Waals surface area contributed by atoms with Gasteiger partial charge in [0.1, 0.15) is 5.82 Å².